The largest absolute Gasteiger partial charge is 0.480 e. The summed E-state index contributed by atoms with van der Waals surface area (Å²) >= 11 is 1.12. The maximum Gasteiger partial charge on any atom is 0.405 e. The van der Waals surface area contributed by atoms with Crippen molar-refractivity contribution in [3.63, 3.8) is 0 Å². The normalized spacial score (nSPS) is 12.1. The minimum atomic E-state index is -1.13. The van der Waals surface area contributed by atoms with E-state index in [4.69, 9.17) is 15.9 Å². The van der Waals surface area contributed by atoms with Gasteiger partial charge in [-0.3, -0.25) is 4.79 Å². The van der Waals surface area contributed by atoms with Gasteiger partial charge in [-0.2, -0.15) is 0 Å². The Morgan fingerprint density at radius 2 is 2.08 bits per heavy atom. The van der Waals surface area contributed by atoms with Gasteiger partial charge in [-0.05, 0) is 0 Å². The van der Waals surface area contributed by atoms with Gasteiger partial charge in [0, 0.05) is 5.75 Å². The summed E-state index contributed by atoms with van der Waals surface area (Å²) in [6, 6.07) is -0.939. The molecule has 0 aliphatic heterocycles. The number of amides is 1. The molecule has 0 saturated carbocycles. The molecule has 0 rings (SSSR count). The van der Waals surface area contributed by atoms with Gasteiger partial charge in [-0.25, -0.2) is 4.79 Å². The van der Waals surface area contributed by atoms with Crippen molar-refractivity contribution in [2.24, 2.45) is 5.73 Å². The highest BCUT2D eigenvalue weighted by Gasteiger charge is 2.10. The van der Waals surface area contributed by atoms with Crippen molar-refractivity contribution in [2.75, 3.05) is 11.6 Å². The second-order valence-electron chi connectivity index (χ2n) is 1.94. The summed E-state index contributed by atoms with van der Waals surface area (Å²) < 4.78 is 0. The fraction of sp³-hybridized carbons (Fsp3) is 0.600. The number of carboxylic acid groups (broad SMARTS) is 2. The molecule has 0 aromatic carbocycles. The van der Waals surface area contributed by atoms with Crippen LogP contribution >= 0.6 is 11.8 Å². The molecule has 0 aliphatic carbocycles. The number of rotatable bonds is 5. The first-order valence-electron chi connectivity index (χ1n) is 3.07. The first kappa shape index (κ1) is 11.1. The van der Waals surface area contributed by atoms with Crippen LogP contribution in [0.2, 0.25) is 0 Å². The maximum absolute atomic E-state index is 10.2. The molecule has 1 amide bonds. The number of carbonyl (C=O) groups is 2. The lowest BCUT2D eigenvalue weighted by atomic mass is 10.4. The summed E-state index contributed by atoms with van der Waals surface area (Å²) in [7, 11) is 0. The molecule has 0 heterocycles. The SMILES string of the molecule is N[C@@H](CSCNC(=O)O)C(=O)O. The summed E-state index contributed by atoms with van der Waals surface area (Å²) in [6.07, 6.45) is -1.13. The smallest absolute Gasteiger partial charge is 0.405 e. The van der Waals surface area contributed by atoms with Gasteiger partial charge in [0.15, 0.2) is 0 Å². The molecule has 0 aliphatic rings. The first-order valence-corrected chi connectivity index (χ1v) is 4.22. The van der Waals surface area contributed by atoms with Crippen molar-refractivity contribution < 1.29 is 19.8 Å². The van der Waals surface area contributed by atoms with Crippen LogP contribution in [0.15, 0.2) is 0 Å². The van der Waals surface area contributed by atoms with Gasteiger partial charge >= 0.3 is 12.1 Å². The summed E-state index contributed by atoms with van der Waals surface area (Å²) in [6.45, 7) is 0. The van der Waals surface area contributed by atoms with Crippen LogP contribution < -0.4 is 11.1 Å². The number of nitrogens with one attached hydrogen (secondary N) is 1. The molecule has 0 aromatic heterocycles. The highest BCUT2D eigenvalue weighted by molar-refractivity contribution is 7.99. The summed E-state index contributed by atoms with van der Waals surface area (Å²) in [5, 5.41) is 18.5. The van der Waals surface area contributed by atoms with Crippen LogP contribution in [-0.4, -0.2) is 39.9 Å². The fourth-order valence-corrected chi connectivity index (χ4v) is 1.11. The van der Waals surface area contributed by atoms with Crippen LogP contribution in [0.1, 0.15) is 0 Å². The molecule has 0 saturated heterocycles. The van der Waals surface area contributed by atoms with E-state index in [2.05, 4.69) is 5.32 Å². The highest BCUT2D eigenvalue weighted by atomic mass is 32.2. The van der Waals surface area contributed by atoms with E-state index in [9.17, 15) is 9.59 Å². The average molecular weight is 194 g/mol. The van der Waals surface area contributed by atoms with Crippen molar-refractivity contribution in [2.45, 2.75) is 6.04 Å². The van der Waals surface area contributed by atoms with Crippen molar-refractivity contribution in [1.29, 1.82) is 0 Å². The Kier molecular flexibility index (Phi) is 5.22. The van der Waals surface area contributed by atoms with E-state index in [1.54, 1.807) is 0 Å². The second kappa shape index (κ2) is 5.67. The zero-order valence-corrected chi connectivity index (χ0v) is 7.00. The van der Waals surface area contributed by atoms with Crippen LogP contribution in [0.5, 0.6) is 0 Å². The Hall–Kier alpha value is -0.950. The second-order valence-corrected chi connectivity index (χ2v) is 2.97. The molecule has 1 atom stereocenters. The third-order valence-electron chi connectivity index (χ3n) is 0.940. The van der Waals surface area contributed by atoms with Gasteiger partial charge in [0.1, 0.15) is 6.04 Å². The number of thioether (sulfide) groups is 1. The van der Waals surface area contributed by atoms with E-state index in [-0.39, 0.29) is 11.6 Å². The topological polar surface area (TPSA) is 113 Å². The Morgan fingerprint density at radius 1 is 1.50 bits per heavy atom. The molecule has 0 radical (unpaired) electrons. The monoisotopic (exact) mass is 194 g/mol. The van der Waals surface area contributed by atoms with Crippen molar-refractivity contribution in [1.82, 2.24) is 5.32 Å². The molecular formula is C5H10N2O4S. The van der Waals surface area contributed by atoms with Crippen molar-refractivity contribution in [3.8, 4) is 0 Å². The fourth-order valence-electron chi connectivity index (χ4n) is 0.370. The average Bonchev–Trinajstić information content (AvgIpc) is 1.97. The van der Waals surface area contributed by atoms with Crippen LogP contribution in [0, 0.1) is 0 Å². The van der Waals surface area contributed by atoms with Crippen LogP contribution in [0.3, 0.4) is 0 Å². The Morgan fingerprint density at radius 3 is 2.50 bits per heavy atom. The van der Waals surface area contributed by atoms with E-state index >= 15 is 0 Å². The molecule has 12 heavy (non-hydrogen) atoms. The summed E-state index contributed by atoms with van der Waals surface area (Å²) in [5.74, 6) is -0.746. The number of hydrogen-bond acceptors (Lipinski definition) is 4. The predicted octanol–water partition coefficient (Wildman–Crippen LogP) is -0.643. The lowest BCUT2D eigenvalue weighted by Gasteiger charge is -2.04. The minimum absolute atomic E-state index is 0.149. The minimum Gasteiger partial charge on any atom is -0.480 e. The van der Waals surface area contributed by atoms with Crippen LogP contribution in [-0.2, 0) is 4.79 Å². The number of nitrogens with two attached hydrogens (primary N) is 1. The third kappa shape index (κ3) is 5.81. The van der Waals surface area contributed by atoms with E-state index in [0.717, 1.165) is 11.8 Å². The number of aliphatic carboxylic acids is 1. The first-order chi connectivity index (χ1) is 5.54. The zero-order chi connectivity index (χ0) is 9.56. The third-order valence-corrected chi connectivity index (χ3v) is 1.88. The summed E-state index contributed by atoms with van der Waals surface area (Å²) in [5.41, 5.74) is 5.14. The predicted molar refractivity (Wildman–Crippen MR) is 44.1 cm³/mol. The quantitative estimate of drug-likeness (QED) is 0.342. The lowest BCUT2D eigenvalue weighted by Crippen LogP contribution is -2.33. The van der Waals surface area contributed by atoms with Crippen LogP contribution in [0.25, 0.3) is 0 Å². The Balaban J connectivity index is 3.31. The Bertz CT molecular complexity index is 175. The van der Waals surface area contributed by atoms with E-state index < -0.39 is 18.1 Å². The van der Waals surface area contributed by atoms with Gasteiger partial charge < -0.3 is 21.3 Å². The molecule has 70 valence electrons. The molecule has 0 unspecified atom stereocenters. The molecule has 7 heteroatoms. The molecule has 0 fully saturated rings. The molecule has 0 bridgehead atoms. The van der Waals surface area contributed by atoms with Gasteiger partial charge in [0.25, 0.3) is 0 Å². The van der Waals surface area contributed by atoms with Gasteiger partial charge in [0.2, 0.25) is 0 Å². The zero-order valence-electron chi connectivity index (χ0n) is 6.19. The van der Waals surface area contributed by atoms with Crippen molar-refractivity contribution in [3.05, 3.63) is 0 Å². The molecule has 5 N–H and O–H groups in total. The standard InChI is InChI=1S/C5H10N2O4S/c6-3(4(8)9)1-12-2-7-5(10)11/h3,7H,1-2,6H2,(H,8,9)(H,10,11)/t3-/m0/s1. The van der Waals surface area contributed by atoms with Gasteiger partial charge in [-0.15, -0.1) is 11.8 Å². The number of carboxylic acids is 1. The maximum atomic E-state index is 10.2. The molecule has 6 nitrogen and oxygen atoms in total. The van der Waals surface area contributed by atoms with E-state index in [0.29, 0.717) is 0 Å². The van der Waals surface area contributed by atoms with Gasteiger partial charge in [0.05, 0.1) is 5.88 Å². The molecular weight excluding hydrogens is 184 g/mol. The lowest BCUT2D eigenvalue weighted by molar-refractivity contribution is -0.137. The Labute approximate surface area is 73.1 Å². The van der Waals surface area contributed by atoms with Crippen LogP contribution in [0.4, 0.5) is 4.79 Å². The van der Waals surface area contributed by atoms with Gasteiger partial charge in [-0.1, -0.05) is 0 Å². The van der Waals surface area contributed by atoms with E-state index in [1.807, 2.05) is 0 Å². The van der Waals surface area contributed by atoms with Crippen molar-refractivity contribution >= 4 is 23.8 Å². The van der Waals surface area contributed by atoms with E-state index in [1.165, 1.54) is 0 Å². The molecule has 0 spiro atoms. The summed E-state index contributed by atoms with van der Waals surface area (Å²) in [4.78, 5) is 20.1. The highest BCUT2D eigenvalue weighted by Crippen LogP contribution is 1.98. The molecule has 0 aromatic rings. The number of hydrogen-bond donors (Lipinski definition) is 4.